The Bertz CT molecular complexity index is 395. The van der Waals surface area contributed by atoms with Gasteiger partial charge in [0.15, 0.2) is 11.5 Å². The van der Waals surface area contributed by atoms with E-state index in [-0.39, 0.29) is 0 Å². The van der Waals surface area contributed by atoms with Gasteiger partial charge in [-0.25, -0.2) is 0 Å². The Morgan fingerprint density at radius 1 is 1.44 bits per heavy atom. The molecule has 1 aliphatic rings. The third kappa shape index (κ3) is 2.74. The van der Waals surface area contributed by atoms with Crippen molar-refractivity contribution in [2.24, 2.45) is 0 Å². The van der Waals surface area contributed by atoms with E-state index < -0.39 is 10.8 Å². The maximum absolute atomic E-state index is 10.9. The summed E-state index contributed by atoms with van der Waals surface area (Å²) in [5.74, 6) is 2.30. The first-order chi connectivity index (χ1) is 7.77. The van der Waals surface area contributed by atoms with Crippen molar-refractivity contribution in [3.63, 3.8) is 0 Å². The lowest BCUT2D eigenvalue weighted by atomic mass is 10.2. The van der Waals surface area contributed by atoms with Crippen molar-refractivity contribution in [3.8, 4) is 11.5 Å². The molecule has 16 heavy (non-hydrogen) atoms. The van der Waals surface area contributed by atoms with E-state index in [0.29, 0.717) is 19.1 Å². The first-order valence-corrected chi connectivity index (χ1v) is 6.88. The van der Waals surface area contributed by atoms with Gasteiger partial charge < -0.3 is 14.8 Å². The Hall–Kier alpha value is -1.07. The summed E-state index contributed by atoms with van der Waals surface area (Å²) in [4.78, 5) is 0. The Kier molecular flexibility index (Phi) is 3.79. The summed E-state index contributed by atoms with van der Waals surface area (Å²) < 4.78 is 21.5. The second-order valence-corrected chi connectivity index (χ2v) is 5.16. The van der Waals surface area contributed by atoms with Crippen molar-refractivity contribution >= 4 is 10.8 Å². The number of para-hydroxylation sites is 1. The van der Waals surface area contributed by atoms with Crippen LogP contribution in [-0.4, -0.2) is 29.6 Å². The minimum absolute atomic E-state index is 0.297. The van der Waals surface area contributed by atoms with Crippen molar-refractivity contribution in [1.29, 1.82) is 0 Å². The van der Waals surface area contributed by atoms with Gasteiger partial charge in [-0.2, -0.15) is 0 Å². The minimum atomic E-state index is -0.741. The molecule has 1 heterocycles. The number of nitrogens with one attached hydrogen (secondary N) is 1. The molecule has 0 fully saturated rings. The Labute approximate surface area is 97.4 Å². The van der Waals surface area contributed by atoms with Crippen molar-refractivity contribution in [2.45, 2.75) is 6.54 Å². The van der Waals surface area contributed by atoms with E-state index in [1.807, 2.05) is 18.2 Å². The molecule has 4 nitrogen and oxygen atoms in total. The van der Waals surface area contributed by atoms with Gasteiger partial charge in [0.05, 0.1) is 0 Å². The van der Waals surface area contributed by atoms with Crippen LogP contribution >= 0.6 is 0 Å². The standard InChI is InChI=1S/C11H15NO3S/c1-16(13)6-5-12-7-9-3-2-4-10-11(9)15-8-14-10/h2-4,12H,5-8H2,1H3. The van der Waals surface area contributed by atoms with Gasteiger partial charge in [-0.3, -0.25) is 4.21 Å². The number of benzene rings is 1. The Balaban J connectivity index is 1.90. The van der Waals surface area contributed by atoms with Crippen LogP contribution in [0.15, 0.2) is 18.2 Å². The summed E-state index contributed by atoms with van der Waals surface area (Å²) in [6.45, 7) is 1.75. The van der Waals surface area contributed by atoms with Crippen LogP contribution in [-0.2, 0) is 17.3 Å². The molecule has 2 rings (SSSR count). The number of hydrogen-bond acceptors (Lipinski definition) is 4. The fourth-order valence-electron chi connectivity index (χ4n) is 1.57. The summed E-state index contributed by atoms with van der Waals surface area (Å²) in [5, 5.41) is 3.23. The molecule has 5 heteroatoms. The first-order valence-electron chi connectivity index (χ1n) is 5.15. The zero-order chi connectivity index (χ0) is 11.4. The topological polar surface area (TPSA) is 47.6 Å². The Morgan fingerprint density at radius 3 is 3.12 bits per heavy atom. The summed E-state index contributed by atoms with van der Waals surface area (Å²) in [6.07, 6.45) is 1.71. The highest BCUT2D eigenvalue weighted by atomic mass is 32.2. The average Bonchev–Trinajstić information content (AvgIpc) is 2.72. The van der Waals surface area contributed by atoms with Crippen molar-refractivity contribution in [3.05, 3.63) is 23.8 Å². The molecule has 0 aromatic heterocycles. The largest absolute Gasteiger partial charge is 0.454 e. The van der Waals surface area contributed by atoms with Gasteiger partial charge >= 0.3 is 0 Å². The minimum Gasteiger partial charge on any atom is -0.454 e. The quantitative estimate of drug-likeness (QED) is 0.778. The van der Waals surface area contributed by atoms with Crippen molar-refractivity contribution in [2.75, 3.05) is 25.3 Å². The maximum atomic E-state index is 10.9. The van der Waals surface area contributed by atoms with Gasteiger partial charge in [-0.1, -0.05) is 12.1 Å². The van der Waals surface area contributed by atoms with Crippen LogP contribution in [0.1, 0.15) is 5.56 Å². The number of fused-ring (bicyclic) bond motifs is 1. The van der Waals surface area contributed by atoms with Gasteiger partial charge in [0, 0.05) is 41.5 Å². The van der Waals surface area contributed by atoms with Crippen molar-refractivity contribution < 1.29 is 13.7 Å². The maximum Gasteiger partial charge on any atom is 0.231 e. The molecule has 1 aliphatic heterocycles. The first kappa shape index (κ1) is 11.4. The van der Waals surface area contributed by atoms with E-state index in [9.17, 15) is 4.21 Å². The van der Waals surface area contributed by atoms with E-state index in [2.05, 4.69) is 5.32 Å². The van der Waals surface area contributed by atoms with Crippen molar-refractivity contribution in [1.82, 2.24) is 5.32 Å². The molecular formula is C11H15NO3S. The third-order valence-corrected chi connectivity index (χ3v) is 3.14. The third-order valence-electron chi connectivity index (χ3n) is 2.36. The highest BCUT2D eigenvalue weighted by Gasteiger charge is 2.16. The monoisotopic (exact) mass is 241 g/mol. The molecule has 1 aromatic carbocycles. The van der Waals surface area contributed by atoms with Crippen LogP contribution in [0.25, 0.3) is 0 Å². The molecule has 0 saturated heterocycles. The van der Waals surface area contributed by atoms with Crippen LogP contribution in [0, 0.1) is 0 Å². The van der Waals surface area contributed by atoms with E-state index in [4.69, 9.17) is 9.47 Å². The van der Waals surface area contributed by atoms with E-state index in [0.717, 1.165) is 23.6 Å². The highest BCUT2D eigenvalue weighted by Crippen LogP contribution is 2.34. The molecule has 0 amide bonds. The lowest BCUT2D eigenvalue weighted by molar-refractivity contribution is 0.173. The molecule has 0 saturated carbocycles. The fourth-order valence-corrected chi connectivity index (χ4v) is 2.00. The van der Waals surface area contributed by atoms with Gasteiger partial charge in [0.25, 0.3) is 0 Å². The van der Waals surface area contributed by atoms with Gasteiger partial charge in [0.1, 0.15) is 0 Å². The van der Waals surface area contributed by atoms with E-state index in [1.54, 1.807) is 6.26 Å². The fraction of sp³-hybridized carbons (Fsp3) is 0.455. The summed E-state index contributed by atoms with van der Waals surface area (Å²) in [6, 6.07) is 5.85. The van der Waals surface area contributed by atoms with E-state index >= 15 is 0 Å². The van der Waals surface area contributed by atoms with Crippen LogP contribution in [0.5, 0.6) is 11.5 Å². The van der Waals surface area contributed by atoms with Crippen LogP contribution in [0.3, 0.4) is 0 Å². The number of ether oxygens (including phenoxy) is 2. The summed E-state index contributed by atoms with van der Waals surface area (Å²) >= 11 is 0. The molecule has 1 unspecified atom stereocenters. The molecule has 1 N–H and O–H groups in total. The molecule has 0 spiro atoms. The van der Waals surface area contributed by atoms with Crippen LogP contribution in [0.4, 0.5) is 0 Å². The normalized spacial score (nSPS) is 15.1. The molecule has 1 aromatic rings. The molecule has 88 valence electrons. The van der Waals surface area contributed by atoms with Crippen LogP contribution in [0.2, 0.25) is 0 Å². The highest BCUT2D eigenvalue weighted by molar-refractivity contribution is 7.84. The Morgan fingerprint density at radius 2 is 2.31 bits per heavy atom. The second-order valence-electron chi connectivity index (χ2n) is 3.61. The number of hydrogen-bond donors (Lipinski definition) is 1. The van der Waals surface area contributed by atoms with Gasteiger partial charge in [-0.15, -0.1) is 0 Å². The SMILES string of the molecule is CS(=O)CCNCc1cccc2c1OCO2. The average molecular weight is 241 g/mol. The van der Waals surface area contributed by atoms with Gasteiger partial charge in [-0.05, 0) is 6.07 Å². The molecule has 1 atom stereocenters. The predicted molar refractivity (Wildman–Crippen MR) is 63.2 cm³/mol. The lowest BCUT2D eigenvalue weighted by Gasteiger charge is -2.06. The molecule has 0 aliphatic carbocycles. The molecular weight excluding hydrogens is 226 g/mol. The molecule has 0 radical (unpaired) electrons. The summed E-state index contributed by atoms with van der Waals surface area (Å²) in [5.41, 5.74) is 1.08. The van der Waals surface area contributed by atoms with Crippen LogP contribution < -0.4 is 14.8 Å². The zero-order valence-corrected chi connectivity index (χ0v) is 10.0. The smallest absolute Gasteiger partial charge is 0.231 e. The second kappa shape index (κ2) is 5.32. The molecule has 0 bridgehead atoms. The zero-order valence-electron chi connectivity index (χ0n) is 9.19. The lowest BCUT2D eigenvalue weighted by Crippen LogP contribution is -2.19. The van der Waals surface area contributed by atoms with E-state index in [1.165, 1.54) is 0 Å². The predicted octanol–water partition coefficient (Wildman–Crippen LogP) is 0.883. The summed E-state index contributed by atoms with van der Waals surface area (Å²) in [7, 11) is -0.741. The van der Waals surface area contributed by atoms with Gasteiger partial charge in [0.2, 0.25) is 6.79 Å². The number of rotatable bonds is 5.